The molecule has 3 aliphatic rings. The number of nitriles is 3. The topological polar surface area (TPSA) is 196 Å². The number of anilines is 3. The summed E-state index contributed by atoms with van der Waals surface area (Å²) in [5, 5.41) is 27.7. The van der Waals surface area contributed by atoms with Gasteiger partial charge in [-0.3, -0.25) is 0 Å². The fourth-order valence-electron chi connectivity index (χ4n) is 9.15. The van der Waals surface area contributed by atoms with Gasteiger partial charge < -0.3 is 46.9 Å². The summed E-state index contributed by atoms with van der Waals surface area (Å²) in [4.78, 5) is 19.6. The third-order valence-electron chi connectivity index (χ3n) is 12.8. The molecule has 3 aliphatic heterocycles. The van der Waals surface area contributed by atoms with E-state index in [0.29, 0.717) is 31.2 Å². The number of ether oxygens (including phenoxy) is 4. The van der Waals surface area contributed by atoms with Crippen molar-refractivity contribution < 1.29 is 32.2 Å². The molecule has 0 saturated carbocycles. The minimum Gasteiger partial charge on any atom is -0.497 e. The molecule has 3 aromatic carbocycles. The first-order chi connectivity index (χ1) is 34.6. The van der Waals surface area contributed by atoms with Crippen molar-refractivity contribution in [2.45, 2.75) is 116 Å². The van der Waals surface area contributed by atoms with Gasteiger partial charge in [0.05, 0.1) is 52.6 Å². The molecule has 0 aliphatic carbocycles. The molecule has 3 fully saturated rings. The largest absolute Gasteiger partial charge is 0.497 e. The molecular formula is C55H65N9O7. The lowest BCUT2D eigenvalue weighted by Gasteiger charge is -2.18. The number of rotatable bonds is 17. The molecule has 6 aromatic rings. The Bertz CT molecular complexity index is 2730. The van der Waals surface area contributed by atoms with Crippen LogP contribution >= 0.6 is 0 Å². The second kappa shape index (κ2) is 25.3. The van der Waals surface area contributed by atoms with Crippen molar-refractivity contribution in [1.29, 1.82) is 15.8 Å². The second-order valence-corrected chi connectivity index (χ2v) is 17.8. The van der Waals surface area contributed by atoms with Crippen LogP contribution in [-0.2, 0) is 32.1 Å². The van der Waals surface area contributed by atoms with Crippen molar-refractivity contribution >= 4 is 17.7 Å². The van der Waals surface area contributed by atoms with Crippen LogP contribution in [0.2, 0.25) is 0 Å². The normalized spacial score (nSPS) is 17.1. The summed E-state index contributed by atoms with van der Waals surface area (Å²) < 4.78 is 39.2. The number of hydrogen-bond donors (Lipinski definition) is 0. The molecule has 9 rings (SSSR count). The Morgan fingerprint density at radius 1 is 0.507 bits per heavy atom. The number of hydrogen-bond acceptors (Lipinski definition) is 16. The second-order valence-electron chi connectivity index (χ2n) is 17.8. The lowest BCUT2D eigenvalue weighted by atomic mass is 10.1. The Kier molecular flexibility index (Phi) is 18.2. The summed E-state index contributed by atoms with van der Waals surface area (Å²) >= 11 is 0. The van der Waals surface area contributed by atoms with Crippen LogP contribution in [0.25, 0.3) is 0 Å². The molecule has 2 unspecified atom stereocenters. The molecule has 0 N–H and O–H groups in total. The molecule has 16 heteroatoms. The molecule has 372 valence electrons. The zero-order valence-electron chi connectivity index (χ0n) is 41.9. The Labute approximate surface area is 417 Å². The molecular weight excluding hydrogens is 899 g/mol. The lowest BCUT2D eigenvalue weighted by Crippen LogP contribution is -2.27. The Morgan fingerprint density at radius 3 is 1.41 bits per heavy atom. The number of aromatic nitrogens is 3. The molecule has 0 spiro atoms. The maximum absolute atomic E-state index is 9.27. The SMILES string of the molecule is COc1cc(CCc2nc(C)c(N3CCCC3C#N)o2)cc(OC)c1.COc1ccc(CCCc2nc(C)c(N3CCCC3C#N)o2)cc1.Cc1nc(CCOc2ccccc2)oc1N1CCC[C@H]1C#N. The highest BCUT2D eigenvalue weighted by Crippen LogP contribution is 2.33. The van der Waals surface area contributed by atoms with Gasteiger partial charge in [-0.15, -0.1) is 0 Å². The maximum Gasteiger partial charge on any atom is 0.220 e. The molecule has 16 nitrogen and oxygen atoms in total. The minimum absolute atomic E-state index is 0.0798. The Balaban J connectivity index is 0.000000157. The van der Waals surface area contributed by atoms with E-state index in [9.17, 15) is 15.8 Å². The van der Waals surface area contributed by atoms with Crippen LogP contribution in [0.15, 0.2) is 86.0 Å². The van der Waals surface area contributed by atoms with E-state index in [1.807, 2.05) is 91.2 Å². The van der Waals surface area contributed by atoms with Gasteiger partial charge >= 0.3 is 0 Å². The zero-order chi connectivity index (χ0) is 50.1. The number of methoxy groups -OCH3 is 3. The average Bonchev–Trinajstić information content (AvgIpc) is 4.28. The third kappa shape index (κ3) is 13.6. The number of oxazole rings is 3. The van der Waals surface area contributed by atoms with Crippen molar-refractivity contribution in [1.82, 2.24) is 15.0 Å². The first-order valence-corrected chi connectivity index (χ1v) is 24.5. The van der Waals surface area contributed by atoms with E-state index in [1.165, 1.54) is 5.56 Å². The molecule has 0 bridgehead atoms. The molecule has 0 radical (unpaired) electrons. The van der Waals surface area contributed by atoms with Crippen LogP contribution in [0.5, 0.6) is 23.0 Å². The average molecular weight is 964 g/mol. The number of para-hydroxylation sites is 1. The highest BCUT2D eigenvalue weighted by atomic mass is 16.5. The van der Waals surface area contributed by atoms with Crippen LogP contribution < -0.4 is 33.6 Å². The molecule has 0 amide bonds. The highest BCUT2D eigenvalue weighted by Gasteiger charge is 2.31. The smallest absolute Gasteiger partial charge is 0.220 e. The van der Waals surface area contributed by atoms with E-state index in [2.05, 4.69) is 50.2 Å². The van der Waals surface area contributed by atoms with Crippen LogP contribution in [0.3, 0.4) is 0 Å². The summed E-state index contributed by atoms with van der Waals surface area (Å²) in [6, 6.07) is 30.4. The van der Waals surface area contributed by atoms with Crippen LogP contribution in [0.1, 0.15) is 90.8 Å². The number of benzene rings is 3. The number of nitrogens with zero attached hydrogens (tertiary/aromatic N) is 9. The molecule has 71 heavy (non-hydrogen) atoms. The van der Waals surface area contributed by atoms with Gasteiger partial charge in [0, 0.05) is 38.5 Å². The van der Waals surface area contributed by atoms with Crippen molar-refractivity contribution in [3.8, 4) is 41.2 Å². The fourth-order valence-corrected chi connectivity index (χ4v) is 9.15. The number of aryl methyl sites for hydroxylation is 7. The van der Waals surface area contributed by atoms with Gasteiger partial charge in [-0.25, -0.2) is 15.0 Å². The Hall–Kier alpha value is -7.64. The summed E-state index contributed by atoms with van der Waals surface area (Å²) in [6.45, 7) is 8.91. The van der Waals surface area contributed by atoms with E-state index >= 15 is 0 Å². The fraction of sp³-hybridized carbons (Fsp3) is 0.455. The summed E-state index contributed by atoms with van der Waals surface area (Å²) in [5.74, 6) is 7.63. The van der Waals surface area contributed by atoms with Crippen molar-refractivity contribution in [2.75, 3.05) is 62.3 Å². The first-order valence-electron chi connectivity index (χ1n) is 24.5. The molecule has 3 saturated heterocycles. The molecule has 3 aromatic heterocycles. The van der Waals surface area contributed by atoms with Gasteiger partial charge in [0.2, 0.25) is 23.5 Å². The summed E-state index contributed by atoms with van der Waals surface area (Å²) in [5.41, 5.74) is 4.96. The van der Waals surface area contributed by atoms with Crippen LogP contribution in [-0.4, -0.2) is 80.6 Å². The summed E-state index contributed by atoms with van der Waals surface area (Å²) in [7, 11) is 4.96. The minimum atomic E-state index is -0.109. The first kappa shape index (κ1) is 51.2. The van der Waals surface area contributed by atoms with Crippen molar-refractivity contribution in [3.05, 3.63) is 119 Å². The molecule has 3 atom stereocenters. The molecule has 6 heterocycles. The monoisotopic (exact) mass is 964 g/mol. The van der Waals surface area contributed by atoms with Crippen molar-refractivity contribution in [2.24, 2.45) is 0 Å². The van der Waals surface area contributed by atoms with Gasteiger partial charge in [-0.1, -0.05) is 30.3 Å². The quantitative estimate of drug-likeness (QED) is 0.0836. The van der Waals surface area contributed by atoms with Gasteiger partial charge in [0.15, 0.2) is 11.8 Å². The van der Waals surface area contributed by atoms with E-state index in [0.717, 1.165) is 153 Å². The summed E-state index contributed by atoms with van der Waals surface area (Å²) in [6.07, 6.45) is 10.6. The van der Waals surface area contributed by atoms with Gasteiger partial charge in [0.1, 0.15) is 58.2 Å². The predicted octanol–water partition coefficient (Wildman–Crippen LogP) is 10.0. The van der Waals surface area contributed by atoms with Crippen LogP contribution in [0, 0.1) is 54.8 Å². The van der Waals surface area contributed by atoms with E-state index in [1.54, 1.807) is 21.3 Å². The van der Waals surface area contributed by atoms with Gasteiger partial charge in [0.25, 0.3) is 0 Å². The van der Waals surface area contributed by atoms with Crippen molar-refractivity contribution in [3.63, 3.8) is 0 Å². The zero-order valence-corrected chi connectivity index (χ0v) is 41.9. The third-order valence-corrected chi connectivity index (χ3v) is 12.8. The highest BCUT2D eigenvalue weighted by molar-refractivity contribution is 5.47. The lowest BCUT2D eigenvalue weighted by molar-refractivity contribution is 0.306. The van der Waals surface area contributed by atoms with E-state index < -0.39 is 0 Å². The van der Waals surface area contributed by atoms with E-state index in [4.69, 9.17) is 32.2 Å². The van der Waals surface area contributed by atoms with Gasteiger partial charge in [-0.05, 0) is 126 Å². The maximum atomic E-state index is 9.27. The van der Waals surface area contributed by atoms with Gasteiger partial charge in [-0.2, -0.15) is 15.8 Å². The standard InChI is InChI=1S/C19H23N3O3.C19H23N3O2.C17H19N3O2/c1-13-19(22-8-4-5-15(22)12-20)25-18(21-13)7-6-14-9-16(23-2)11-17(10-14)24-3;1-14-19(22-12-4-6-16(22)13-20)24-18(21-14)7-3-5-15-8-10-17(23-2)11-9-15;1-13-17(20-10-5-6-14(20)12-18)22-16(19-13)9-11-21-15-7-3-2-4-8-15/h9-11,15H,4-8H2,1-3H3;8-11,16H,3-7,12H2,1-2H3;2-4,7-8,14H,5-6,9-11H2,1H3/t;;14-/m..0/s1. The Morgan fingerprint density at radius 2 is 0.958 bits per heavy atom. The predicted molar refractivity (Wildman–Crippen MR) is 269 cm³/mol. The van der Waals surface area contributed by atoms with E-state index in [-0.39, 0.29) is 18.1 Å². The van der Waals surface area contributed by atoms with Crippen LogP contribution in [0.4, 0.5) is 17.7 Å².